The van der Waals surface area contributed by atoms with Gasteiger partial charge in [0.15, 0.2) is 0 Å². The van der Waals surface area contributed by atoms with Crippen LogP contribution in [0, 0.1) is 5.41 Å². The molecule has 0 spiro atoms. The Hall–Kier alpha value is 0.110. The fraction of sp³-hybridized carbons (Fsp3) is 1.00. The molecule has 0 bridgehead atoms. The minimum Gasteiger partial charge on any atom is -0.383 e. The molecule has 4 nitrogen and oxygen atoms in total. The summed E-state index contributed by atoms with van der Waals surface area (Å²) in [5, 5.41) is -0.380. The second-order valence-corrected chi connectivity index (χ2v) is 11.1. The zero-order valence-corrected chi connectivity index (χ0v) is 15.1. The summed E-state index contributed by atoms with van der Waals surface area (Å²) in [4.78, 5) is 0. The number of methoxy groups -OCH3 is 1. The molecule has 0 amide bonds. The van der Waals surface area contributed by atoms with Crippen molar-refractivity contribution in [1.29, 1.82) is 0 Å². The molecular formula is C17H40NO3P. The van der Waals surface area contributed by atoms with Crippen LogP contribution in [0.25, 0.3) is 0 Å². The summed E-state index contributed by atoms with van der Waals surface area (Å²) in [5.41, 5.74) is 0.0113. The van der Waals surface area contributed by atoms with E-state index in [1.54, 1.807) is 7.11 Å². The maximum atomic E-state index is 13.6. The van der Waals surface area contributed by atoms with Crippen molar-refractivity contribution in [3.8, 4) is 0 Å². The SMILES string of the molecule is C.C.COC[C@@H]1CCCN1P(=O)(OCC(C)(C)C)C(C)(C)C. The molecule has 1 heterocycles. The van der Waals surface area contributed by atoms with Gasteiger partial charge in [-0.05, 0) is 39.0 Å². The lowest BCUT2D eigenvalue weighted by Crippen LogP contribution is -2.38. The van der Waals surface area contributed by atoms with Crippen molar-refractivity contribution in [2.45, 2.75) is 80.4 Å². The van der Waals surface area contributed by atoms with Crippen LogP contribution in [0.3, 0.4) is 0 Å². The van der Waals surface area contributed by atoms with E-state index in [9.17, 15) is 4.57 Å². The van der Waals surface area contributed by atoms with Gasteiger partial charge in [0.1, 0.15) is 0 Å². The number of hydrogen-bond acceptors (Lipinski definition) is 3. The van der Waals surface area contributed by atoms with Crippen LogP contribution in [0.5, 0.6) is 0 Å². The van der Waals surface area contributed by atoms with Gasteiger partial charge in [-0.15, -0.1) is 0 Å². The van der Waals surface area contributed by atoms with Gasteiger partial charge in [-0.3, -0.25) is 4.57 Å². The summed E-state index contributed by atoms with van der Waals surface area (Å²) in [7, 11) is -1.18. The second kappa shape index (κ2) is 8.82. The summed E-state index contributed by atoms with van der Waals surface area (Å²) in [6.45, 7) is 14.3. The Morgan fingerprint density at radius 2 is 1.68 bits per heavy atom. The molecule has 136 valence electrons. The highest BCUT2D eigenvalue weighted by molar-refractivity contribution is 7.58. The minimum atomic E-state index is -2.88. The summed E-state index contributed by atoms with van der Waals surface area (Å²) in [6.07, 6.45) is 2.10. The zero-order valence-electron chi connectivity index (χ0n) is 14.2. The highest BCUT2D eigenvalue weighted by atomic mass is 31.2. The van der Waals surface area contributed by atoms with Crippen molar-refractivity contribution < 1.29 is 13.8 Å². The molecule has 0 aromatic rings. The smallest absolute Gasteiger partial charge is 0.277 e. The molecular weight excluding hydrogens is 297 g/mol. The Morgan fingerprint density at radius 1 is 1.14 bits per heavy atom. The molecule has 0 aliphatic carbocycles. The van der Waals surface area contributed by atoms with Crippen molar-refractivity contribution >= 4 is 7.52 Å². The third-order valence-electron chi connectivity index (χ3n) is 3.56. The third-order valence-corrected chi connectivity index (χ3v) is 6.94. The van der Waals surface area contributed by atoms with E-state index in [1.807, 2.05) is 20.8 Å². The van der Waals surface area contributed by atoms with Crippen molar-refractivity contribution in [2.24, 2.45) is 5.41 Å². The Morgan fingerprint density at radius 3 is 2.09 bits per heavy atom. The quantitative estimate of drug-likeness (QED) is 0.628. The Labute approximate surface area is 139 Å². The van der Waals surface area contributed by atoms with Crippen LogP contribution >= 0.6 is 7.52 Å². The fourth-order valence-electron chi connectivity index (χ4n) is 2.46. The number of hydrogen-bond donors (Lipinski definition) is 0. The molecule has 1 rings (SSSR count). The van der Waals surface area contributed by atoms with Gasteiger partial charge in [-0.2, -0.15) is 0 Å². The summed E-state index contributed by atoms with van der Waals surface area (Å²) in [6, 6.07) is 0.213. The molecule has 0 aromatic heterocycles. The molecule has 1 aliphatic rings. The maximum Gasteiger partial charge on any atom is 0.277 e. The molecule has 0 N–H and O–H groups in total. The minimum absolute atomic E-state index is 0. The van der Waals surface area contributed by atoms with Gasteiger partial charge in [-0.25, -0.2) is 4.67 Å². The maximum absolute atomic E-state index is 13.6. The van der Waals surface area contributed by atoms with Gasteiger partial charge in [0, 0.05) is 19.7 Å². The third kappa shape index (κ3) is 5.96. The van der Waals surface area contributed by atoms with Crippen molar-refractivity contribution in [3.63, 3.8) is 0 Å². The standard InChI is InChI=1S/C15H32NO3P.2CH4/c1-14(2,3)12-19-20(17,15(4,5)6)16-10-8-9-13(16)11-18-7;;/h13H,8-12H2,1-7H3;2*1H4/t13-,20?;;/m0../s1. The number of rotatable bonds is 5. The molecule has 1 unspecified atom stereocenters. The summed E-state index contributed by atoms with van der Waals surface area (Å²) in [5.74, 6) is 0. The van der Waals surface area contributed by atoms with Gasteiger partial charge in [0.05, 0.1) is 18.4 Å². The van der Waals surface area contributed by atoms with Crippen LogP contribution in [0.4, 0.5) is 0 Å². The lowest BCUT2D eigenvalue weighted by molar-refractivity contribution is 0.125. The van der Waals surface area contributed by atoms with E-state index in [0.717, 1.165) is 19.4 Å². The fourth-order valence-corrected chi connectivity index (χ4v) is 5.35. The first-order chi connectivity index (χ1) is 9.01. The molecule has 0 aromatic carbocycles. The van der Waals surface area contributed by atoms with Crippen LogP contribution in [-0.4, -0.2) is 42.7 Å². The van der Waals surface area contributed by atoms with Crippen LogP contribution in [0.2, 0.25) is 0 Å². The first-order valence-electron chi connectivity index (χ1n) is 7.52. The van der Waals surface area contributed by atoms with Gasteiger partial charge in [-0.1, -0.05) is 35.6 Å². The molecule has 22 heavy (non-hydrogen) atoms. The average molecular weight is 337 g/mol. The summed E-state index contributed by atoms with van der Waals surface area (Å²) >= 11 is 0. The normalized spacial score (nSPS) is 22.6. The highest BCUT2D eigenvalue weighted by Gasteiger charge is 2.48. The Kier molecular flexibility index (Phi) is 9.77. The van der Waals surface area contributed by atoms with Crippen LogP contribution in [0.1, 0.15) is 69.2 Å². The van der Waals surface area contributed by atoms with Gasteiger partial charge in [0.2, 0.25) is 0 Å². The number of ether oxygens (including phenoxy) is 1. The van der Waals surface area contributed by atoms with Crippen molar-refractivity contribution in [3.05, 3.63) is 0 Å². The topological polar surface area (TPSA) is 38.8 Å². The van der Waals surface area contributed by atoms with Gasteiger partial charge < -0.3 is 9.26 Å². The van der Waals surface area contributed by atoms with Crippen LogP contribution in [-0.2, 0) is 13.8 Å². The largest absolute Gasteiger partial charge is 0.383 e. The van der Waals surface area contributed by atoms with Gasteiger partial charge >= 0.3 is 0 Å². The average Bonchev–Trinajstić information content (AvgIpc) is 2.72. The van der Waals surface area contributed by atoms with E-state index >= 15 is 0 Å². The molecule has 0 radical (unpaired) electrons. The molecule has 5 heteroatoms. The van der Waals surface area contributed by atoms with Crippen molar-refractivity contribution in [2.75, 3.05) is 26.9 Å². The first kappa shape index (κ1) is 24.4. The molecule has 1 fully saturated rings. The second-order valence-electron chi connectivity index (χ2n) is 7.94. The van der Waals surface area contributed by atoms with E-state index in [2.05, 4.69) is 25.4 Å². The van der Waals surface area contributed by atoms with Crippen molar-refractivity contribution in [1.82, 2.24) is 4.67 Å². The first-order valence-corrected chi connectivity index (χ1v) is 9.10. The predicted octanol–water partition coefficient (Wildman–Crippen LogP) is 5.42. The lowest BCUT2D eigenvalue weighted by Gasteiger charge is -2.41. The Bertz CT molecular complexity index is 358. The van der Waals surface area contributed by atoms with Crippen LogP contribution in [0.15, 0.2) is 0 Å². The van der Waals surface area contributed by atoms with E-state index in [-0.39, 0.29) is 31.5 Å². The lowest BCUT2D eigenvalue weighted by atomic mass is 9.99. The zero-order chi connectivity index (χ0) is 15.6. The van der Waals surface area contributed by atoms with E-state index in [4.69, 9.17) is 9.26 Å². The summed E-state index contributed by atoms with van der Waals surface area (Å²) < 4.78 is 27.0. The molecule has 0 saturated carbocycles. The monoisotopic (exact) mass is 337 g/mol. The number of nitrogens with zero attached hydrogens (tertiary/aromatic N) is 1. The van der Waals surface area contributed by atoms with E-state index < -0.39 is 7.52 Å². The van der Waals surface area contributed by atoms with Crippen LogP contribution < -0.4 is 0 Å². The molecule has 2 atom stereocenters. The van der Waals surface area contributed by atoms with Gasteiger partial charge in [0.25, 0.3) is 7.52 Å². The van der Waals surface area contributed by atoms with E-state index in [1.165, 1.54) is 0 Å². The molecule has 1 saturated heterocycles. The van der Waals surface area contributed by atoms with E-state index in [0.29, 0.717) is 13.2 Å². The predicted molar refractivity (Wildman–Crippen MR) is 97.8 cm³/mol. The Balaban J connectivity index is 0. The molecule has 1 aliphatic heterocycles. The highest BCUT2D eigenvalue weighted by Crippen LogP contribution is 2.64.